The van der Waals surface area contributed by atoms with Gasteiger partial charge in [-0.25, -0.2) is 14.5 Å². The highest BCUT2D eigenvalue weighted by atomic mass is 16.6. The highest BCUT2D eigenvalue weighted by Gasteiger charge is 2.11. The number of oxime groups is 1. The number of nitrogens with zero attached hydrogens (tertiary/aromatic N) is 7. The van der Waals surface area contributed by atoms with E-state index in [0.717, 1.165) is 22.3 Å². The zero-order valence-corrected chi connectivity index (χ0v) is 13.7. The molecule has 3 heterocycles. The maximum absolute atomic E-state index is 5.29. The molecule has 0 aliphatic carbocycles. The smallest absolute Gasteiger partial charge is 0.192 e. The summed E-state index contributed by atoms with van der Waals surface area (Å²) in [5.41, 5.74) is 2.35. The summed E-state index contributed by atoms with van der Waals surface area (Å²) in [5.74, 6) is 1.31. The number of rotatable bonds is 5. The Morgan fingerprint density at radius 2 is 2.04 bits per heavy atom. The van der Waals surface area contributed by atoms with Crippen LogP contribution in [0.4, 0.5) is 0 Å². The summed E-state index contributed by atoms with van der Waals surface area (Å²) in [7, 11) is 3.46. The summed E-state index contributed by atoms with van der Waals surface area (Å²) < 4.78 is 8.41. The van der Waals surface area contributed by atoms with Crippen LogP contribution in [0.2, 0.25) is 0 Å². The van der Waals surface area contributed by atoms with E-state index < -0.39 is 0 Å². The highest BCUT2D eigenvalue weighted by Crippen LogP contribution is 2.15. The van der Waals surface area contributed by atoms with E-state index in [1.54, 1.807) is 35.0 Å². The molecule has 0 spiro atoms. The van der Waals surface area contributed by atoms with Crippen molar-refractivity contribution in [2.45, 2.75) is 6.61 Å². The zero-order valence-electron chi connectivity index (χ0n) is 13.7. The van der Waals surface area contributed by atoms with Crippen molar-refractivity contribution >= 4 is 22.9 Å². The van der Waals surface area contributed by atoms with Gasteiger partial charge in [0.25, 0.3) is 0 Å². The Hall–Kier alpha value is -3.49. The lowest BCUT2D eigenvalue weighted by Gasteiger charge is -1.98. The molecule has 0 saturated carbocycles. The highest BCUT2D eigenvalue weighted by molar-refractivity contribution is 5.88. The van der Waals surface area contributed by atoms with Gasteiger partial charge in [0.2, 0.25) is 0 Å². The fourth-order valence-corrected chi connectivity index (χ4v) is 2.43. The second-order valence-electron chi connectivity index (χ2n) is 5.33. The number of hydrogen-bond acceptors (Lipinski definition) is 7. The van der Waals surface area contributed by atoms with Crippen molar-refractivity contribution in [3.8, 4) is 5.75 Å². The molecular formula is C16H15N7O2. The van der Waals surface area contributed by atoms with Gasteiger partial charge in [0.1, 0.15) is 12.1 Å². The molecule has 25 heavy (non-hydrogen) atoms. The number of benzene rings is 1. The standard InChI is InChI=1S/C16H15N7O2/c1-22-15-13(8-18-22)16-20-14(21-23(16)10-17-15)9-25-19-7-11-3-5-12(24-2)6-4-11/h3-8,10H,9H2,1-2H3. The molecule has 0 saturated heterocycles. The lowest BCUT2D eigenvalue weighted by Crippen LogP contribution is -1.95. The molecule has 0 atom stereocenters. The van der Waals surface area contributed by atoms with Crippen molar-refractivity contribution in [2.75, 3.05) is 7.11 Å². The predicted octanol–water partition coefficient (Wildman–Crippen LogP) is 1.57. The number of aromatic nitrogens is 6. The average Bonchev–Trinajstić information content (AvgIpc) is 3.22. The minimum absolute atomic E-state index is 0.163. The molecule has 4 rings (SSSR count). The Bertz CT molecular complexity index is 1050. The lowest BCUT2D eigenvalue weighted by molar-refractivity contribution is 0.126. The van der Waals surface area contributed by atoms with Gasteiger partial charge >= 0.3 is 0 Å². The van der Waals surface area contributed by atoms with Crippen LogP contribution < -0.4 is 4.74 Å². The number of aryl methyl sites for hydroxylation is 1. The lowest BCUT2D eigenvalue weighted by atomic mass is 10.2. The molecule has 0 amide bonds. The van der Waals surface area contributed by atoms with Crippen molar-refractivity contribution in [1.29, 1.82) is 0 Å². The molecule has 1 aromatic carbocycles. The third kappa shape index (κ3) is 2.87. The SMILES string of the molecule is COc1ccc(C=NOCc2nc3c4cnn(C)c4ncn3n2)cc1. The van der Waals surface area contributed by atoms with Crippen LogP contribution in [0.15, 0.2) is 41.9 Å². The fourth-order valence-electron chi connectivity index (χ4n) is 2.43. The van der Waals surface area contributed by atoms with Crippen LogP contribution in [-0.2, 0) is 18.5 Å². The van der Waals surface area contributed by atoms with Crippen molar-refractivity contribution in [3.63, 3.8) is 0 Å². The molecule has 0 radical (unpaired) electrons. The van der Waals surface area contributed by atoms with Gasteiger partial charge in [-0.15, -0.1) is 5.10 Å². The zero-order chi connectivity index (χ0) is 17.2. The van der Waals surface area contributed by atoms with Gasteiger partial charge in [-0.2, -0.15) is 5.10 Å². The summed E-state index contributed by atoms with van der Waals surface area (Å²) in [4.78, 5) is 14.1. The monoisotopic (exact) mass is 337 g/mol. The van der Waals surface area contributed by atoms with Gasteiger partial charge in [0, 0.05) is 7.05 Å². The van der Waals surface area contributed by atoms with Crippen LogP contribution in [0.25, 0.3) is 16.7 Å². The van der Waals surface area contributed by atoms with Gasteiger partial charge in [0.15, 0.2) is 23.7 Å². The van der Waals surface area contributed by atoms with E-state index in [2.05, 4.69) is 25.3 Å². The van der Waals surface area contributed by atoms with Crippen molar-refractivity contribution in [1.82, 2.24) is 29.4 Å². The first-order valence-corrected chi connectivity index (χ1v) is 7.56. The molecule has 0 unspecified atom stereocenters. The number of methoxy groups -OCH3 is 1. The van der Waals surface area contributed by atoms with E-state index in [9.17, 15) is 0 Å². The van der Waals surface area contributed by atoms with E-state index >= 15 is 0 Å². The van der Waals surface area contributed by atoms with Gasteiger partial charge in [0.05, 0.1) is 24.9 Å². The Labute approximate surface area is 142 Å². The predicted molar refractivity (Wildman–Crippen MR) is 90.4 cm³/mol. The number of ether oxygens (including phenoxy) is 1. The van der Waals surface area contributed by atoms with Gasteiger partial charge in [-0.3, -0.25) is 4.68 Å². The number of fused-ring (bicyclic) bond motifs is 3. The molecule has 4 aromatic rings. The van der Waals surface area contributed by atoms with Crippen molar-refractivity contribution in [3.05, 3.63) is 48.2 Å². The van der Waals surface area contributed by atoms with E-state index in [-0.39, 0.29) is 6.61 Å². The summed E-state index contributed by atoms with van der Waals surface area (Å²) in [6.45, 7) is 0.163. The Balaban J connectivity index is 1.47. The fraction of sp³-hybridized carbons (Fsp3) is 0.188. The van der Waals surface area contributed by atoms with Crippen LogP contribution in [0.5, 0.6) is 5.75 Å². The van der Waals surface area contributed by atoms with E-state index in [1.165, 1.54) is 0 Å². The molecule has 0 fully saturated rings. The van der Waals surface area contributed by atoms with E-state index in [0.29, 0.717) is 11.5 Å². The van der Waals surface area contributed by atoms with Gasteiger partial charge < -0.3 is 9.57 Å². The third-order valence-corrected chi connectivity index (χ3v) is 3.70. The molecule has 9 heteroatoms. The largest absolute Gasteiger partial charge is 0.497 e. The van der Waals surface area contributed by atoms with Crippen molar-refractivity contribution < 1.29 is 9.57 Å². The summed E-state index contributed by atoms with van der Waals surface area (Å²) in [6.07, 6.45) is 4.95. The average molecular weight is 337 g/mol. The molecule has 126 valence electrons. The first kappa shape index (κ1) is 15.1. The van der Waals surface area contributed by atoms with Crippen LogP contribution in [0, 0.1) is 0 Å². The normalized spacial score (nSPS) is 11.6. The maximum Gasteiger partial charge on any atom is 0.192 e. The minimum atomic E-state index is 0.163. The minimum Gasteiger partial charge on any atom is -0.497 e. The van der Waals surface area contributed by atoms with Crippen LogP contribution >= 0.6 is 0 Å². The second kappa shape index (κ2) is 6.19. The Morgan fingerprint density at radius 3 is 2.84 bits per heavy atom. The second-order valence-corrected chi connectivity index (χ2v) is 5.33. The molecule has 0 aliphatic rings. The maximum atomic E-state index is 5.29. The summed E-state index contributed by atoms with van der Waals surface area (Å²) in [5, 5.41) is 13.3. The number of hydrogen-bond donors (Lipinski definition) is 0. The molecule has 0 aliphatic heterocycles. The van der Waals surface area contributed by atoms with E-state index in [1.807, 2.05) is 31.3 Å². The molecule has 0 bridgehead atoms. The van der Waals surface area contributed by atoms with Crippen molar-refractivity contribution in [2.24, 2.45) is 12.2 Å². The third-order valence-electron chi connectivity index (χ3n) is 3.70. The molecule has 0 N–H and O–H groups in total. The quantitative estimate of drug-likeness (QED) is 0.405. The summed E-state index contributed by atoms with van der Waals surface area (Å²) >= 11 is 0. The van der Waals surface area contributed by atoms with Crippen LogP contribution in [0.1, 0.15) is 11.4 Å². The van der Waals surface area contributed by atoms with Crippen LogP contribution in [-0.4, -0.2) is 42.7 Å². The molecule has 3 aromatic heterocycles. The topological polar surface area (TPSA) is 91.7 Å². The van der Waals surface area contributed by atoms with E-state index in [4.69, 9.17) is 9.57 Å². The first-order chi connectivity index (χ1) is 12.2. The van der Waals surface area contributed by atoms with Crippen LogP contribution in [0.3, 0.4) is 0 Å². The van der Waals surface area contributed by atoms with Gasteiger partial charge in [-0.1, -0.05) is 5.16 Å². The Morgan fingerprint density at radius 1 is 1.20 bits per heavy atom. The van der Waals surface area contributed by atoms with Gasteiger partial charge in [-0.05, 0) is 29.8 Å². The summed E-state index contributed by atoms with van der Waals surface area (Å²) in [6, 6.07) is 7.49. The molecule has 9 nitrogen and oxygen atoms in total. The molecular weight excluding hydrogens is 322 g/mol. The first-order valence-electron chi connectivity index (χ1n) is 7.56. The Kier molecular flexibility index (Phi) is 3.73.